The standard InChI is InChI=1S/C9H13N.C4H10N2/c1-10(2)8-9-6-4-3-5-7-9;1-2-6-4-3-5-1/h3-7H,8H2,1-2H3;5-6H,1-4H2. The zero-order valence-electron chi connectivity index (χ0n) is 10.4. The average Bonchev–Trinajstić information content (AvgIpc) is 2.32. The first-order valence-corrected chi connectivity index (χ1v) is 5.89. The van der Waals surface area contributed by atoms with Gasteiger partial charge in [-0.05, 0) is 19.7 Å². The largest absolute Gasteiger partial charge is 0.314 e. The Kier molecular flexibility index (Phi) is 6.81. The Morgan fingerprint density at radius 1 is 0.938 bits per heavy atom. The Labute approximate surface area is 98.8 Å². The highest BCUT2D eigenvalue weighted by Gasteiger charge is 1.91. The second-order valence-electron chi connectivity index (χ2n) is 4.22. The van der Waals surface area contributed by atoms with Gasteiger partial charge in [-0.15, -0.1) is 0 Å². The topological polar surface area (TPSA) is 27.3 Å². The van der Waals surface area contributed by atoms with E-state index in [0.717, 1.165) is 32.7 Å². The van der Waals surface area contributed by atoms with Crippen molar-refractivity contribution < 1.29 is 0 Å². The van der Waals surface area contributed by atoms with Crippen molar-refractivity contribution in [2.45, 2.75) is 6.54 Å². The molecule has 1 aromatic carbocycles. The Balaban J connectivity index is 0.000000181. The van der Waals surface area contributed by atoms with Crippen LogP contribution in [0, 0.1) is 0 Å². The van der Waals surface area contributed by atoms with Gasteiger partial charge < -0.3 is 15.5 Å². The summed E-state index contributed by atoms with van der Waals surface area (Å²) in [5, 5.41) is 6.44. The van der Waals surface area contributed by atoms with Gasteiger partial charge in [-0.25, -0.2) is 0 Å². The minimum Gasteiger partial charge on any atom is -0.314 e. The maximum absolute atomic E-state index is 3.22. The summed E-state index contributed by atoms with van der Waals surface area (Å²) in [4.78, 5) is 2.16. The summed E-state index contributed by atoms with van der Waals surface area (Å²) in [6.45, 7) is 5.58. The van der Waals surface area contributed by atoms with Gasteiger partial charge in [0.25, 0.3) is 0 Å². The monoisotopic (exact) mass is 221 g/mol. The molecule has 2 rings (SSSR count). The molecule has 0 amide bonds. The van der Waals surface area contributed by atoms with Crippen LogP contribution in [0.1, 0.15) is 5.56 Å². The highest BCUT2D eigenvalue weighted by molar-refractivity contribution is 5.14. The first-order chi connectivity index (χ1) is 7.79. The molecule has 0 aromatic heterocycles. The lowest BCUT2D eigenvalue weighted by molar-refractivity contribution is 0.402. The Bertz CT molecular complexity index is 244. The van der Waals surface area contributed by atoms with Crippen molar-refractivity contribution in [2.24, 2.45) is 0 Å². The van der Waals surface area contributed by atoms with Crippen LogP contribution in [0.5, 0.6) is 0 Å². The fourth-order valence-electron chi connectivity index (χ4n) is 1.55. The summed E-state index contributed by atoms with van der Waals surface area (Å²) >= 11 is 0. The molecule has 1 aliphatic heterocycles. The van der Waals surface area contributed by atoms with Crippen LogP contribution in [-0.2, 0) is 6.54 Å². The number of nitrogens with one attached hydrogen (secondary N) is 2. The van der Waals surface area contributed by atoms with Gasteiger partial charge in [0.15, 0.2) is 0 Å². The van der Waals surface area contributed by atoms with E-state index in [-0.39, 0.29) is 0 Å². The van der Waals surface area contributed by atoms with Gasteiger partial charge >= 0.3 is 0 Å². The van der Waals surface area contributed by atoms with Crippen LogP contribution >= 0.6 is 0 Å². The highest BCUT2D eigenvalue weighted by Crippen LogP contribution is 1.99. The second kappa shape index (κ2) is 8.28. The Morgan fingerprint density at radius 3 is 1.81 bits per heavy atom. The predicted molar refractivity (Wildman–Crippen MR) is 69.6 cm³/mol. The van der Waals surface area contributed by atoms with E-state index < -0.39 is 0 Å². The van der Waals surface area contributed by atoms with Crippen LogP contribution in [-0.4, -0.2) is 45.2 Å². The lowest BCUT2D eigenvalue weighted by Gasteiger charge is -2.11. The van der Waals surface area contributed by atoms with Crippen molar-refractivity contribution in [2.75, 3.05) is 40.3 Å². The normalized spacial score (nSPS) is 15.4. The summed E-state index contributed by atoms with van der Waals surface area (Å²) in [5.41, 5.74) is 1.37. The number of rotatable bonds is 2. The second-order valence-corrected chi connectivity index (χ2v) is 4.22. The molecule has 1 saturated heterocycles. The Hall–Kier alpha value is -0.900. The van der Waals surface area contributed by atoms with Crippen molar-refractivity contribution in [3.05, 3.63) is 35.9 Å². The molecule has 3 nitrogen and oxygen atoms in total. The van der Waals surface area contributed by atoms with Gasteiger partial charge in [0.05, 0.1) is 0 Å². The lowest BCUT2D eigenvalue weighted by atomic mass is 10.2. The third-order valence-electron chi connectivity index (χ3n) is 2.30. The summed E-state index contributed by atoms with van der Waals surface area (Å²) < 4.78 is 0. The number of hydrogen-bond donors (Lipinski definition) is 2. The average molecular weight is 221 g/mol. The molecule has 3 heteroatoms. The molecule has 1 aromatic rings. The SMILES string of the molecule is C1CNCCN1.CN(C)Cc1ccccc1. The van der Waals surface area contributed by atoms with Crippen molar-refractivity contribution in [3.8, 4) is 0 Å². The van der Waals surface area contributed by atoms with E-state index >= 15 is 0 Å². The molecule has 0 unspecified atom stereocenters. The minimum absolute atomic E-state index is 1.03. The maximum atomic E-state index is 3.22. The number of nitrogens with zero attached hydrogens (tertiary/aromatic N) is 1. The molecule has 0 radical (unpaired) electrons. The zero-order chi connectivity index (χ0) is 11.6. The molecule has 16 heavy (non-hydrogen) atoms. The molecular formula is C13H23N3. The molecule has 0 atom stereocenters. The van der Waals surface area contributed by atoms with Crippen LogP contribution in [0.4, 0.5) is 0 Å². The highest BCUT2D eigenvalue weighted by atomic mass is 15.0. The van der Waals surface area contributed by atoms with Gasteiger partial charge in [-0.2, -0.15) is 0 Å². The molecule has 0 spiro atoms. The molecular weight excluding hydrogens is 198 g/mol. The van der Waals surface area contributed by atoms with Gasteiger partial charge in [0, 0.05) is 32.7 Å². The van der Waals surface area contributed by atoms with Crippen molar-refractivity contribution >= 4 is 0 Å². The van der Waals surface area contributed by atoms with E-state index in [0.29, 0.717) is 0 Å². The van der Waals surface area contributed by atoms with E-state index in [1.54, 1.807) is 0 Å². The van der Waals surface area contributed by atoms with E-state index in [4.69, 9.17) is 0 Å². The van der Waals surface area contributed by atoms with Crippen LogP contribution < -0.4 is 10.6 Å². The van der Waals surface area contributed by atoms with Crippen LogP contribution in [0.3, 0.4) is 0 Å². The maximum Gasteiger partial charge on any atom is 0.0227 e. The fraction of sp³-hybridized carbons (Fsp3) is 0.538. The van der Waals surface area contributed by atoms with Gasteiger partial charge in [-0.3, -0.25) is 0 Å². The van der Waals surface area contributed by atoms with E-state index in [1.807, 2.05) is 6.07 Å². The van der Waals surface area contributed by atoms with Crippen LogP contribution in [0.15, 0.2) is 30.3 Å². The summed E-state index contributed by atoms with van der Waals surface area (Å²) in [7, 11) is 4.15. The first-order valence-electron chi connectivity index (χ1n) is 5.89. The molecule has 0 bridgehead atoms. The van der Waals surface area contributed by atoms with Crippen LogP contribution in [0.2, 0.25) is 0 Å². The van der Waals surface area contributed by atoms with E-state index in [2.05, 4.69) is 53.9 Å². The van der Waals surface area contributed by atoms with E-state index in [9.17, 15) is 0 Å². The van der Waals surface area contributed by atoms with Crippen molar-refractivity contribution in [3.63, 3.8) is 0 Å². The lowest BCUT2D eigenvalue weighted by Crippen LogP contribution is -2.39. The summed E-state index contributed by atoms with van der Waals surface area (Å²) in [6.07, 6.45) is 0. The third-order valence-corrected chi connectivity index (χ3v) is 2.30. The van der Waals surface area contributed by atoms with Gasteiger partial charge in [0.2, 0.25) is 0 Å². The zero-order valence-corrected chi connectivity index (χ0v) is 10.4. The summed E-state index contributed by atoms with van der Waals surface area (Å²) in [5.74, 6) is 0. The number of piperazine rings is 1. The van der Waals surface area contributed by atoms with Crippen molar-refractivity contribution in [1.29, 1.82) is 0 Å². The van der Waals surface area contributed by atoms with Crippen molar-refractivity contribution in [1.82, 2.24) is 15.5 Å². The molecule has 1 fully saturated rings. The predicted octanol–water partition coefficient (Wildman–Crippen LogP) is 0.927. The smallest absolute Gasteiger partial charge is 0.0227 e. The summed E-state index contributed by atoms with van der Waals surface area (Å²) in [6, 6.07) is 10.5. The molecule has 0 saturated carbocycles. The van der Waals surface area contributed by atoms with E-state index in [1.165, 1.54) is 5.56 Å². The Morgan fingerprint density at radius 2 is 1.44 bits per heavy atom. The molecule has 1 aliphatic rings. The van der Waals surface area contributed by atoms with Crippen LogP contribution in [0.25, 0.3) is 0 Å². The number of benzene rings is 1. The molecule has 2 N–H and O–H groups in total. The first kappa shape index (κ1) is 13.2. The number of hydrogen-bond acceptors (Lipinski definition) is 3. The van der Waals surface area contributed by atoms with Gasteiger partial charge in [-0.1, -0.05) is 30.3 Å². The van der Waals surface area contributed by atoms with Gasteiger partial charge in [0.1, 0.15) is 0 Å². The molecule has 1 heterocycles. The molecule has 90 valence electrons. The third kappa shape index (κ3) is 6.56. The quantitative estimate of drug-likeness (QED) is 0.778. The molecule has 0 aliphatic carbocycles. The fourth-order valence-corrected chi connectivity index (χ4v) is 1.55. The minimum atomic E-state index is 1.03.